The first kappa shape index (κ1) is 26.9. The van der Waals surface area contributed by atoms with E-state index in [-0.39, 0.29) is 12.1 Å². The van der Waals surface area contributed by atoms with Crippen LogP contribution in [0.25, 0.3) is 10.9 Å². The summed E-state index contributed by atoms with van der Waals surface area (Å²) in [4.78, 5) is 16.2. The highest BCUT2D eigenvalue weighted by molar-refractivity contribution is 5.89. The standard InChI is InChI=1S/C33H26F3NO3/c1-39-32(38)25-15-13-23(14-16-25)21-40-28-11-5-9-24(18-28)19-30-27(17-22-7-3-2-4-8-22)20-26-10-6-12-29(31(26)37-30)33(34,35)36/h2-16,18,20H,17,19,21H2,1H3. The minimum absolute atomic E-state index is 0.0513. The molecule has 0 saturated heterocycles. The summed E-state index contributed by atoms with van der Waals surface area (Å²) in [5, 5.41) is 0.458. The Kier molecular flexibility index (Phi) is 7.82. The Morgan fingerprint density at radius 2 is 1.50 bits per heavy atom. The normalized spacial score (nSPS) is 11.4. The lowest BCUT2D eigenvalue weighted by Crippen LogP contribution is -2.09. The van der Waals surface area contributed by atoms with Gasteiger partial charge in [-0.25, -0.2) is 4.79 Å². The van der Waals surface area contributed by atoms with Gasteiger partial charge >= 0.3 is 12.1 Å². The first-order valence-electron chi connectivity index (χ1n) is 12.7. The van der Waals surface area contributed by atoms with Crippen molar-refractivity contribution in [2.24, 2.45) is 0 Å². The molecule has 0 saturated carbocycles. The molecule has 0 N–H and O–H groups in total. The van der Waals surface area contributed by atoms with Crippen LogP contribution in [0.3, 0.4) is 0 Å². The fourth-order valence-corrected chi connectivity index (χ4v) is 4.59. The number of pyridine rings is 1. The lowest BCUT2D eigenvalue weighted by Gasteiger charge is -2.15. The highest BCUT2D eigenvalue weighted by Crippen LogP contribution is 2.35. The Balaban J connectivity index is 1.43. The third kappa shape index (κ3) is 6.31. The zero-order chi connectivity index (χ0) is 28.1. The third-order valence-electron chi connectivity index (χ3n) is 6.61. The van der Waals surface area contributed by atoms with E-state index in [9.17, 15) is 18.0 Å². The number of rotatable bonds is 8. The Morgan fingerprint density at radius 1 is 0.775 bits per heavy atom. The molecule has 0 bridgehead atoms. The van der Waals surface area contributed by atoms with Crippen LogP contribution in [0.15, 0.2) is 103 Å². The van der Waals surface area contributed by atoms with Crippen molar-refractivity contribution in [3.8, 4) is 5.75 Å². The van der Waals surface area contributed by atoms with E-state index in [1.165, 1.54) is 13.2 Å². The van der Waals surface area contributed by atoms with Crippen molar-refractivity contribution >= 4 is 16.9 Å². The molecule has 0 amide bonds. The van der Waals surface area contributed by atoms with Crippen molar-refractivity contribution in [2.75, 3.05) is 7.11 Å². The number of carbonyl (C=O) groups is 1. The molecule has 0 fully saturated rings. The van der Waals surface area contributed by atoms with E-state index in [1.54, 1.807) is 30.3 Å². The van der Waals surface area contributed by atoms with E-state index < -0.39 is 17.7 Å². The maximum Gasteiger partial charge on any atom is 0.418 e. The number of halogens is 3. The van der Waals surface area contributed by atoms with Gasteiger partial charge in [0.2, 0.25) is 0 Å². The summed E-state index contributed by atoms with van der Waals surface area (Å²) in [5.41, 5.74) is 3.91. The zero-order valence-electron chi connectivity index (χ0n) is 21.7. The Hall–Kier alpha value is -4.65. The number of nitrogens with zero attached hydrogens (tertiary/aromatic N) is 1. The fraction of sp³-hybridized carbons (Fsp3) is 0.152. The topological polar surface area (TPSA) is 48.4 Å². The fourth-order valence-electron chi connectivity index (χ4n) is 4.59. The van der Waals surface area contributed by atoms with Crippen LogP contribution in [-0.2, 0) is 30.4 Å². The second-order valence-corrected chi connectivity index (χ2v) is 9.43. The van der Waals surface area contributed by atoms with Gasteiger partial charge in [0.1, 0.15) is 12.4 Å². The predicted octanol–water partition coefficient (Wildman–Crippen LogP) is 7.80. The van der Waals surface area contributed by atoms with E-state index in [2.05, 4.69) is 4.98 Å². The van der Waals surface area contributed by atoms with Gasteiger partial charge in [-0.3, -0.25) is 4.98 Å². The quantitative estimate of drug-likeness (QED) is 0.188. The minimum atomic E-state index is -4.51. The van der Waals surface area contributed by atoms with Gasteiger partial charge in [-0.15, -0.1) is 0 Å². The molecule has 1 aromatic heterocycles. The van der Waals surface area contributed by atoms with Crippen molar-refractivity contribution in [3.63, 3.8) is 0 Å². The summed E-state index contributed by atoms with van der Waals surface area (Å²) in [6.45, 7) is 0.285. The molecule has 0 aliphatic rings. The van der Waals surface area contributed by atoms with Crippen LogP contribution >= 0.6 is 0 Å². The Labute approximate surface area is 230 Å². The predicted molar refractivity (Wildman–Crippen MR) is 147 cm³/mol. The van der Waals surface area contributed by atoms with Crippen LogP contribution in [0.4, 0.5) is 13.2 Å². The number of hydrogen-bond donors (Lipinski definition) is 0. The number of carbonyl (C=O) groups excluding carboxylic acids is 1. The molecule has 5 aromatic rings. The van der Waals surface area contributed by atoms with Crippen molar-refractivity contribution in [1.82, 2.24) is 4.98 Å². The van der Waals surface area contributed by atoms with Crippen LogP contribution in [0, 0.1) is 0 Å². The van der Waals surface area contributed by atoms with E-state index in [0.717, 1.165) is 28.3 Å². The molecule has 4 aromatic carbocycles. The maximum absolute atomic E-state index is 13.8. The van der Waals surface area contributed by atoms with E-state index in [4.69, 9.17) is 9.47 Å². The second-order valence-electron chi connectivity index (χ2n) is 9.43. The number of ether oxygens (including phenoxy) is 2. The van der Waals surface area contributed by atoms with E-state index in [1.807, 2.05) is 60.7 Å². The number of fused-ring (bicyclic) bond motifs is 1. The smallest absolute Gasteiger partial charge is 0.418 e. The summed E-state index contributed by atoms with van der Waals surface area (Å²) in [6, 6.07) is 30.2. The molecule has 4 nitrogen and oxygen atoms in total. The molecule has 40 heavy (non-hydrogen) atoms. The van der Waals surface area contributed by atoms with Gasteiger partial charge in [0, 0.05) is 17.5 Å². The SMILES string of the molecule is COC(=O)c1ccc(COc2cccc(Cc3nc4c(C(F)(F)F)cccc4cc3Cc3ccccc3)c2)cc1. The van der Waals surface area contributed by atoms with Crippen molar-refractivity contribution in [3.05, 3.63) is 142 Å². The van der Waals surface area contributed by atoms with Crippen LogP contribution in [0.5, 0.6) is 5.75 Å². The van der Waals surface area contributed by atoms with Crippen LogP contribution in [-0.4, -0.2) is 18.1 Å². The van der Waals surface area contributed by atoms with Crippen LogP contribution in [0.2, 0.25) is 0 Å². The van der Waals surface area contributed by atoms with Gasteiger partial charge in [-0.1, -0.05) is 66.7 Å². The Morgan fingerprint density at radius 3 is 2.23 bits per heavy atom. The first-order chi connectivity index (χ1) is 19.3. The number of esters is 1. The molecular formula is C33H26F3NO3. The van der Waals surface area contributed by atoms with Crippen LogP contribution < -0.4 is 4.74 Å². The largest absolute Gasteiger partial charge is 0.489 e. The average Bonchev–Trinajstić information content (AvgIpc) is 2.96. The molecule has 0 radical (unpaired) electrons. The van der Waals surface area contributed by atoms with Gasteiger partial charge in [0.05, 0.1) is 23.8 Å². The lowest BCUT2D eigenvalue weighted by atomic mass is 9.96. The average molecular weight is 542 g/mol. The molecule has 1 heterocycles. The molecule has 5 rings (SSSR count). The van der Waals surface area contributed by atoms with E-state index >= 15 is 0 Å². The zero-order valence-corrected chi connectivity index (χ0v) is 21.7. The molecule has 0 atom stereocenters. The monoisotopic (exact) mass is 541 g/mol. The molecule has 7 heteroatoms. The van der Waals surface area contributed by atoms with Gasteiger partial charge in [0.15, 0.2) is 0 Å². The van der Waals surface area contributed by atoms with Crippen molar-refractivity contribution in [2.45, 2.75) is 25.6 Å². The Bertz CT molecular complexity index is 1630. The number of para-hydroxylation sites is 1. The summed E-state index contributed by atoms with van der Waals surface area (Å²) in [7, 11) is 1.33. The van der Waals surface area contributed by atoms with Gasteiger partial charge < -0.3 is 9.47 Å². The van der Waals surface area contributed by atoms with Crippen LogP contribution in [0.1, 0.15) is 43.9 Å². The van der Waals surface area contributed by atoms with Crippen molar-refractivity contribution in [1.29, 1.82) is 0 Å². The first-order valence-corrected chi connectivity index (χ1v) is 12.7. The number of methoxy groups -OCH3 is 1. The highest BCUT2D eigenvalue weighted by atomic mass is 19.4. The number of hydrogen-bond acceptors (Lipinski definition) is 4. The summed E-state index contributed by atoms with van der Waals surface area (Å²) >= 11 is 0. The minimum Gasteiger partial charge on any atom is -0.489 e. The molecule has 0 aliphatic carbocycles. The maximum atomic E-state index is 13.8. The summed E-state index contributed by atoms with van der Waals surface area (Å²) in [6.07, 6.45) is -3.62. The lowest BCUT2D eigenvalue weighted by molar-refractivity contribution is -0.136. The highest BCUT2D eigenvalue weighted by Gasteiger charge is 2.33. The van der Waals surface area contributed by atoms with Gasteiger partial charge in [-0.05, 0) is 65.1 Å². The molecule has 202 valence electrons. The van der Waals surface area contributed by atoms with Crippen molar-refractivity contribution < 1.29 is 27.4 Å². The molecule has 0 unspecified atom stereocenters. The summed E-state index contributed by atoms with van der Waals surface area (Å²) < 4.78 is 52.1. The molecule has 0 spiro atoms. The summed E-state index contributed by atoms with van der Waals surface area (Å²) in [5.74, 6) is 0.215. The molecule has 0 aliphatic heterocycles. The van der Waals surface area contributed by atoms with Gasteiger partial charge in [-0.2, -0.15) is 13.2 Å². The second kappa shape index (κ2) is 11.6. The number of benzene rings is 4. The molecular weight excluding hydrogens is 515 g/mol. The number of aromatic nitrogens is 1. The van der Waals surface area contributed by atoms with E-state index in [0.29, 0.717) is 35.2 Å². The number of alkyl halides is 3. The van der Waals surface area contributed by atoms with Gasteiger partial charge in [0.25, 0.3) is 0 Å². The third-order valence-corrected chi connectivity index (χ3v) is 6.61.